The number of nitrogens with zero attached hydrogens (tertiary/aromatic N) is 1. The molecule has 19 heavy (non-hydrogen) atoms. The molecule has 1 fully saturated rings. The number of ether oxygens (including phenoxy) is 1. The highest BCUT2D eigenvalue weighted by molar-refractivity contribution is 6.01. The number of morpholine rings is 1. The zero-order valence-electron chi connectivity index (χ0n) is 10.5. The minimum atomic E-state index is -0.960. The fraction of sp³-hybridized carbons (Fsp3) is 0.357. The van der Waals surface area contributed by atoms with Crippen molar-refractivity contribution in [3.05, 3.63) is 35.6 Å². The third kappa shape index (κ3) is 2.34. The second-order valence-corrected chi connectivity index (χ2v) is 4.64. The molecule has 0 spiro atoms. The van der Waals surface area contributed by atoms with Gasteiger partial charge in [-0.2, -0.15) is 0 Å². The summed E-state index contributed by atoms with van der Waals surface area (Å²) in [6, 6.07) is 5.22. The predicted molar refractivity (Wildman–Crippen MR) is 69.3 cm³/mol. The van der Waals surface area contributed by atoms with Gasteiger partial charge in [0, 0.05) is 30.6 Å². The predicted octanol–water partition coefficient (Wildman–Crippen LogP) is 1.96. The Morgan fingerprint density at radius 3 is 2.84 bits per heavy atom. The van der Waals surface area contributed by atoms with E-state index in [1.54, 1.807) is 18.4 Å². The van der Waals surface area contributed by atoms with Crippen molar-refractivity contribution in [2.24, 2.45) is 0 Å². The van der Waals surface area contributed by atoms with Crippen molar-refractivity contribution >= 4 is 16.9 Å². The van der Waals surface area contributed by atoms with E-state index in [1.165, 1.54) is 0 Å². The molecule has 100 valence electrons. The van der Waals surface area contributed by atoms with E-state index >= 15 is 0 Å². The molecule has 0 atom stereocenters. The summed E-state index contributed by atoms with van der Waals surface area (Å²) in [6.45, 7) is 4.04. The maximum atomic E-state index is 11.1. The van der Waals surface area contributed by atoms with Crippen molar-refractivity contribution in [2.45, 2.75) is 6.54 Å². The second kappa shape index (κ2) is 5.03. The number of carboxylic acids is 1. The first-order valence-electron chi connectivity index (χ1n) is 6.28. The summed E-state index contributed by atoms with van der Waals surface area (Å²) in [6.07, 6.45) is 1.66. The van der Waals surface area contributed by atoms with Gasteiger partial charge in [0.15, 0.2) is 0 Å². The van der Waals surface area contributed by atoms with Gasteiger partial charge in [-0.15, -0.1) is 0 Å². The molecule has 1 aliphatic rings. The fourth-order valence-corrected chi connectivity index (χ4v) is 2.40. The number of hydrogen-bond donors (Lipinski definition) is 1. The van der Waals surface area contributed by atoms with E-state index < -0.39 is 5.97 Å². The van der Waals surface area contributed by atoms with Crippen LogP contribution in [0.4, 0.5) is 0 Å². The highest BCUT2D eigenvalue weighted by Gasteiger charge is 2.17. The molecule has 2 heterocycles. The van der Waals surface area contributed by atoms with Crippen molar-refractivity contribution in [1.29, 1.82) is 0 Å². The summed E-state index contributed by atoms with van der Waals surface area (Å²) in [5, 5.41) is 10.0. The summed E-state index contributed by atoms with van der Waals surface area (Å²) in [5.41, 5.74) is 1.70. The summed E-state index contributed by atoms with van der Waals surface area (Å²) < 4.78 is 10.8. The lowest BCUT2D eigenvalue weighted by Gasteiger charge is -2.26. The Bertz CT molecular complexity index is 599. The third-order valence-corrected chi connectivity index (χ3v) is 3.41. The van der Waals surface area contributed by atoms with E-state index in [9.17, 15) is 4.79 Å². The first-order valence-corrected chi connectivity index (χ1v) is 6.28. The quantitative estimate of drug-likeness (QED) is 0.915. The summed E-state index contributed by atoms with van der Waals surface area (Å²) in [4.78, 5) is 13.4. The highest BCUT2D eigenvalue weighted by atomic mass is 16.5. The Morgan fingerprint density at radius 1 is 1.32 bits per heavy atom. The Balaban J connectivity index is 1.92. The number of furan rings is 1. The van der Waals surface area contributed by atoms with Crippen LogP contribution in [0.3, 0.4) is 0 Å². The number of carbonyl (C=O) groups is 1. The lowest BCUT2D eigenvalue weighted by atomic mass is 10.1. The van der Waals surface area contributed by atoms with Gasteiger partial charge in [-0.3, -0.25) is 4.90 Å². The fourth-order valence-electron chi connectivity index (χ4n) is 2.40. The zero-order chi connectivity index (χ0) is 13.2. The molecule has 3 rings (SSSR count). The van der Waals surface area contributed by atoms with E-state index in [-0.39, 0.29) is 5.56 Å². The van der Waals surface area contributed by atoms with Gasteiger partial charge in [0.1, 0.15) is 11.1 Å². The summed E-state index contributed by atoms with van der Waals surface area (Å²) >= 11 is 0. The van der Waals surface area contributed by atoms with Gasteiger partial charge in [0.2, 0.25) is 0 Å². The summed E-state index contributed by atoms with van der Waals surface area (Å²) in [5.74, 6) is -0.960. The van der Waals surface area contributed by atoms with Crippen LogP contribution in [-0.4, -0.2) is 42.3 Å². The number of para-hydroxylation sites is 1. The first kappa shape index (κ1) is 12.2. The van der Waals surface area contributed by atoms with E-state index in [2.05, 4.69) is 4.90 Å². The Kier molecular flexibility index (Phi) is 3.23. The Morgan fingerprint density at radius 2 is 2.11 bits per heavy atom. The van der Waals surface area contributed by atoms with Gasteiger partial charge in [0.25, 0.3) is 0 Å². The summed E-state index contributed by atoms with van der Waals surface area (Å²) in [7, 11) is 0. The molecule has 0 radical (unpaired) electrons. The lowest BCUT2D eigenvalue weighted by molar-refractivity contribution is 0.0342. The molecular formula is C14H15NO4. The molecule has 0 saturated carbocycles. The lowest BCUT2D eigenvalue weighted by Crippen LogP contribution is -2.35. The van der Waals surface area contributed by atoms with Crippen molar-refractivity contribution in [2.75, 3.05) is 26.3 Å². The normalized spacial score (nSPS) is 16.8. The van der Waals surface area contributed by atoms with E-state index in [4.69, 9.17) is 14.3 Å². The number of hydrogen-bond acceptors (Lipinski definition) is 4. The molecular weight excluding hydrogens is 246 g/mol. The van der Waals surface area contributed by atoms with Crippen LogP contribution in [0.25, 0.3) is 11.0 Å². The van der Waals surface area contributed by atoms with Crippen molar-refractivity contribution in [3.8, 4) is 0 Å². The van der Waals surface area contributed by atoms with Gasteiger partial charge >= 0.3 is 5.97 Å². The van der Waals surface area contributed by atoms with Crippen molar-refractivity contribution in [1.82, 2.24) is 4.90 Å². The highest BCUT2D eigenvalue weighted by Crippen LogP contribution is 2.25. The molecule has 0 bridgehead atoms. The van der Waals surface area contributed by atoms with Crippen LogP contribution < -0.4 is 0 Å². The van der Waals surface area contributed by atoms with Crippen LogP contribution in [0, 0.1) is 0 Å². The SMILES string of the molecule is O=C(O)c1cccc2c(CN3CCOCC3)coc12. The molecule has 1 saturated heterocycles. The van der Waals surface area contributed by atoms with E-state index in [0.29, 0.717) is 5.58 Å². The topological polar surface area (TPSA) is 62.9 Å². The van der Waals surface area contributed by atoms with Gasteiger partial charge in [0.05, 0.1) is 19.5 Å². The minimum absolute atomic E-state index is 0.214. The smallest absolute Gasteiger partial charge is 0.339 e. The molecule has 5 heteroatoms. The first-order chi connectivity index (χ1) is 9.25. The maximum Gasteiger partial charge on any atom is 0.339 e. The number of aromatic carboxylic acids is 1. The average Bonchev–Trinajstić information content (AvgIpc) is 2.83. The maximum absolute atomic E-state index is 11.1. The van der Waals surface area contributed by atoms with Crippen LogP contribution >= 0.6 is 0 Å². The molecule has 0 amide bonds. The van der Waals surface area contributed by atoms with Gasteiger partial charge in [-0.1, -0.05) is 12.1 Å². The van der Waals surface area contributed by atoms with Crippen molar-refractivity contribution < 1.29 is 19.1 Å². The van der Waals surface area contributed by atoms with E-state index in [0.717, 1.165) is 43.8 Å². The number of benzene rings is 1. The molecule has 0 unspecified atom stereocenters. The number of rotatable bonds is 3. The number of carboxylic acid groups (broad SMARTS) is 1. The van der Waals surface area contributed by atoms with Crippen molar-refractivity contribution in [3.63, 3.8) is 0 Å². The Hall–Kier alpha value is -1.85. The van der Waals surface area contributed by atoms with Crippen LogP contribution in [0.15, 0.2) is 28.9 Å². The molecule has 5 nitrogen and oxygen atoms in total. The van der Waals surface area contributed by atoms with Gasteiger partial charge in [-0.25, -0.2) is 4.79 Å². The number of fused-ring (bicyclic) bond motifs is 1. The van der Waals surface area contributed by atoms with Gasteiger partial charge in [-0.05, 0) is 6.07 Å². The van der Waals surface area contributed by atoms with Crippen LogP contribution in [0.5, 0.6) is 0 Å². The Labute approximate surface area is 110 Å². The molecule has 1 aromatic carbocycles. The largest absolute Gasteiger partial charge is 0.478 e. The zero-order valence-corrected chi connectivity index (χ0v) is 10.5. The second-order valence-electron chi connectivity index (χ2n) is 4.64. The molecule has 2 aromatic rings. The van der Waals surface area contributed by atoms with Crippen LogP contribution in [0.2, 0.25) is 0 Å². The monoisotopic (exact) mass is 261 g/mol. The third-order valence-electron chi connectivity index (χ3n) is 3.41. The van der Waals surface area contributed by atoms with Crippen LogP contribution in [0.1, 0.15) is 15.9 Å². The van der Waals surface area contributed by atoms with Gasteiger partial charge < -0.3 is 14.3 Å². The average molecular weight is 261 g/mol. The molecule has 1 N–H and O–H groups in total. The van der Waals surface area contributed by atoms with E-state index in [1.807, 2.05) is 6.07 Å². The molecule has 0 aliphatic carbocycles. The minimum Gasteiger partial charge on any atom is -0.478 e. The standard InChI is InChI=1S/C14H15NO4/c16-14(17)12-3-1-2-11-10(9-19-13(11)12)8-15-4-6-18-7-5-15/h1-3,9H,4-8H2,(H,16,17). The molecule has 1 aliphatic heterocycles. The molecule has 1 aromatic heterocycles. The van der Waals surface area contributed by atoms with Crippen LogP contribution in [-0.2, 0) is 11.3 Å².